The molecule has 130 valence electrons. The second-order valence-electron chi connectivity index (χ2n) is 5.47. The smallest absolute Gasteiger partial charge is 0.253 e. The fraction of sp³-hybridized carbons (Fsp3) is 0.263. The van der Waals surface area contributed by atoms with Crippen LogP contribution >= 0.6 is 0 Å². The summed E-state index contributed by atoms with van der Waals surface area (Å²) in [6, 6.07) is 17.6. The van der Waals surface area contributed by atoms with Gasteiger partial charge >= 0.3 is 0 Å². The molecule has 1 N–H and O–H groups in total. The van der Waals surface area contributed by atoms with Gasteiger partial charge in [-0.05, 0) is 42.8 Å². The molecule has 0 aliphatic rings. The average molecular weight is 339 g/mol. The Morgan fingerprint density at radius 1 is 0.920 bits per heavy atom. The number of methoxy groups -OCH3 is 1. The normalized spacial score (nSPS) is 10.6. The Labute approximate surface area is 146 Å². The van der Waals surface area contributed by atoms with Crippen molar-refractivity contribution in [2.75, 3.05) is 13.7 Å². The Kier molecular flexibility index (Phi) is 6.01. The molecule has 0 unspecified atom stereocenters. The first-order chi connectivity index (χ1) is 12.3. The highest BCUT2D eigenvalue weighted by Crippen LogP contribution is 2.12. The first-order valence-corrected chi connectivity index (χ1v) is 8.16. The van der Waals surface area contributed by atoms with Crippen LogP contribution in [0.2, 0.25) is 0 Å². The molecule has 0 radical (unpaired) electrons. The maximum atomic E-state index is 5.58. The molecule has 25 heavy (non-hydrogen) atoms. The van der Waals surface area contributed by atoms with Crippen molar-refractivity contribution in [3.63, 3.8) is 0 Å². The molecule has 0 aliphatic carbocycles. The Hall–Kier alpha value is -2.86. The molecule has 0 saturated carbocycles. The first kappa shape index (κ1) is 17.0. The zero-order valence-corrected chi connectivity index (χ0v) is 14.1. The van der Waals surface area contributed by atoms with Crippen LogP contribution in [0, 0.1) is 0 Å². The van der Waals surface area contributed by atoms with Gasteiger partial charge in [0.15, 0.2) is 6.61 Å². The highest BCUT2D eigenvalue weighted by atomic mass is 16.5. The number of nitrogens with zero attached hydrogens (tertiary/aromatic N) is 2. The molecule has 0 amide bonds. The lowest BCUT2D eigenvalue weighted by Crippen LogP contribution is -2.16. The molecule has 3 aromatic rings. The molecule has 1 aromatic heterocycles. The van der Waals surface area contributed by atoms with Gasteiger partial charge in [-0.25, -0.2) is 0 Å². The van der Waals surface area contributed by atoms with E-state index >= 15 is 0 Å². The highest BCUT2D eigenvalue weighted by molar-refractivity contribution is 5.27. The van der Waals surface area contributed by atoms with Crippen LogP contribution in [-0.2, 0) is 19.6 Å². The van der Waals surface area contributed by atoms with Gasteiger partial charge in [-0.15, -0.1) is 10.2 Å². The van der Waals surface area contributed by atoms with E-state index in [9.17, 15) is 0 Å². The van der Waals surface area contributed by atoms with E-state index in [0.717, 1.165) is 24.5 Å². The molecule has 0 saturated heterocycles. The number of hydrogen-bond donors (Lipinski definition) is 1. The van der Waals surface area contributed by atoms with Crippen molar-refractivity contribution in [1.82, 2.24) is 15.5 Å². The summed E-state index contributed by atoms with van der Waals surface area (Å²) in [5, 5.41) is 11.3. The maximum absolute atomic E-state index is 5.58. The minimum atomic E-state index is 0.267. The zero-order chi connectivity index (χ0) is 17.3. The van der Waals surface area contributed by atoms with Gasteiger partial charge in [0.1, 0.15) is 11.5 Å². The van der Waals surface area contributed by atoms with Crippen LogP contribution < -0.4 is 14.8 Å². The number of para-hydroxylation sites is 1. The fourth-order valence-corrected chi connectivity index (χ4v) is 2.30. The van der Waals surface area contributed by atoms with Crippen LogP contribution in [0.5, 0.6) is 11.5 Å². The molecule has 0 atom stereocenters. The predicted molar refractivity (Wildman–Crippen MR) is 93.5 cm³/mol. The number of benzene rings is 2. The molecule has 0 fully saturated rings. The SMILES string of the molecule is COc1ccc(CCNCc2nnc(COc3ccccc3)o2)cc1. The lowest BCUT2D eigenvalue weighted by molar-refractivity contribution is 0.258. The summed E-state index contributed by atoms with van der Waals surface area (Å²) in [4.78, 5) is 0. The third-order valence-corrected chi connectivity index (χ3v) is 3.64. The molecule has 2 aromatic carbocycles. The topological polar surface area (TPSA) is 69.4 Å². The van der Waals surface area contributed by atoms with Crippen LogP contribution in [0.25, 0.3) is 0 Å². The zero-order valence-electron chi connectivity index (χ0n) is 14.1. The van der Waals surface area contributed by atoms with Crippen LogP contribution in [0.4, 0.5) is 0 Å². The summed E-state index contributed by atoms with van der Waals surface area (Å²) < 4.78 is 16.3. The predicted octanol–water partition coefficient (Wildman–Crippen LogP) is 2.99. The van der Waals surface area contributed by atoms with Crippen molar-refractivity contribution >= 4 is 0 Å². The van der Waals surface area contributed by atoms with Gasteiger partial charge in [0.2, 0.25) is 5.89 Å². The average Bonchev–Trinajstić information content (AvgIpc) is 3.13. The van der Waals surface area contributed by atoms with Gasteiger partial charge < -0.3 is 19.2 Å². The third kappa shape index (κ3) is 5.32. The third-order valence-electron chi connectivity index (χ3n) is 3.64. The summed E-state index contributed by atoms with van der Waals surface area (Å²) in [5.41, 5.74) is 1.25. The fourth-order valence-electron chi connectivity index (χ4n) is 2.30. The maximum Gasteiger partial charge on any atom is 0.253 e. The lowest BCUT2D eigenvalue weighted by Gasteiger charge is -2.04. The minimum Gasteiger partial charge on any atom is -0.497 e. The van der Waals surface area contributed by atoms with Gasteiger partial charge in [0.05, 0.1) is 13.7 Å². The van der Waals surface area contributed by atoms with E-state index < -0.39 is 0 Å². The van der Waals surface area contributed by atoms with Crippen molar-refractivity contribution in [2.24, 2.45) is 0 Å². The van der Waals surface area contributed by atoms with Crippen molar-refractivity contribution in [2.45, 2.75) is 19.6 Å². The van der Waals surface area contributed by atoms with E-state index in [-0.39, 0.29) is 6.61 Å². The Morgan fingerprint density at radius 3 is 2.44 bits per heavy atom. The first-order valence-electron chi connectivity index (χ1n) is 8.16. The van der Waals surface area contributed by atoms with E-state index in [1.165, 1.54) is 5.56 Å². The summed E-state index contributed by atoms with van der Waals surface area (Å²) in [6.07, 6.45) is 0.919. The Balaban J connectivity index is 1.38. The van der Waals surface area contributed by atoms with E-state index in [2.05, 4.69) is 27.6 Å². The van der Waals surface area contributed by atoms with Gasteiger partial charge in [-0.2, -0.15) is 0 Å². The molecule has 6 heteroatoms. The van der Waals surface area contributed by atoms with Crippen molar-refractivity contribution in [1.29, 1.82) is 0 Å². The van der Waals surface area contributed by atoms with Crippen LogP contribution in [0.3, 0.4) is 0 Å². The molecule has 0 spiro atoms. The summed E-state index contributed by atoms with van der Waals surface area (Å²) in [5.74, 6) is 2.67. The Bertz CT molecular complexity index is 757. The largest absolute Gasteiger partial charge is 0.497 e. The van der Waals surface area contributed by atoms with Gasteiger partial charge in [-0.3, -0.25) is 0 Å². The van der Waals surface area contributed by atoms with E-state index in [1.807, 2.05) is 42.5 Å². The molecular formula is C19H21N3O3. The quantitative estimate of drug-likeness (QED) is 0.605. The van der Waals surface area contributed by atoms with Crippen LogP contribution in [0.15, 0.2) is 59.0 Å². The van der Waals surface area contributed by atoms with E-state index in [0.29, 0.717) is 18.3 Å². The van der Waals surface area contributed by atoms with E-state index in [1.54, 1.807) is 7.11 Å². The lowest BCUT2D eigenvalue weighted by atomic mass is 10.1. The number of rotatable bonds is 9. The second-order valence-corrected chi connectivity index (χ2v) is 5.47. The summed E-state index contributed by atoms with van der Waals surface area (Å²) >= 11 is 0. The van der Waals surface area contributed by atoms with Crippen molar-refractivity contribution in [3.05, 3.63) is 71.9 Å². The molecule has 6 nitrogen and oxygen atoms in total. The summed E-state index contributed by atoms with van der Waals surface area (Å²) in [6.45, 7) is 1.63. The van der Waals surface area contributed by atoms with Crippen molar-refractivity contribution < 1.29 is 13.9 Å². The standard InChI is InChI=1S/C19H21N3O3/c1-23-16-9-7-15(8-10-16)11-12-20-13-18-21-22-19(25-18)14-24-17-5-3-2-4-6-17/h2-10,20H,11-14H2,1H3. The van der Waals surface area contributed by atoms with Crippen LogP contribution in [0.1, 0.15) is 17.3 Å². The Morgan fingerprint density at radius 2 is 1.68 bits per heavy atom. The number of nitrogens with one attached hydrogen (secondary N) is 1. The molecule has 1 heterocycles. The van der Waals surface area contributed by atoms with Crippen molar-refractivity contribution in [3.8, 4) is 11.5 Å². The van der Waals surface area contributed by atoms with Gasteiger partial charge in [-0.1, -0.05) is 30.3 Å². The number of hydrogen-bond acceptors (Lipinski definition) is 6. The molecule has 0 aliphatic heterocycles. The monoisotopic (exact) mass is 339 g/mol. The van der Waals surface area contributed by atoms with Gasteiger partial charge in [0.25, 0.3) is 5.89 Å². The second kappa shape index (κ2) is 8.84. The van der Waals surface area contributed by atoms with Gasteiger partial charge in [0, 0.05) is 0 Å². The molecule has 0 bridgehead atoms. The highest BCUT2D eigenvalue weighted by Gasteiger charge is 2.06. The minimum absolute atomic E-state index is 0.267. The summed E-state index contributed by atoms with van der Waals surface area (Å²) in [7, 11) is 1.67. The molecule has 3 rings (SSSR count). The van der Waals surface area contributed by atoms with Crippen LogP contribution in [-0.4, -0.2) is 23.9 Å². The number of aromatic nitrogens is 2. The molecular weight excluding hydrogens is 318 g/mol. The van der Waals surface area contributed by atoms with E-state index in [4.69, 9.17) is 13.9 Å². The number of ether oxygens (including phenoxy) is 2.